The van der Waals surface area contributed by atoms with Gasteiger partial charge in [-0.25, -0.2) is 9.78 Å². The van der Waals surface area contributed by atoms with Crippen LogP contribution in [0.1, 0.15) is 18.5 Å². The predicted molar refractivity (Wildman–Crippen MR) is 80.1 cm³/mol. The van der Waals surface area contributed by atoms with Crippen LogP contribution in [0, 0.1) is 0 Å². The standard InChI is InChI=1S/C14H18N6O/c21-14(16-10-12-5-6-17-19-12)18-11-3-4-13(15-9-11)20-7-1-2-8-20/h3-6,9H,1-2,7-8,10H2,(H,17,19)(H2,16,18,21). The lowest BCUT2D eigenvalue weighted by Crippen LogP contribution is -2.28. The summed E-state index contributed by atoms with van der Waals surface area (Å²) in [7, 11) is 0. The molecule has 0 spiro atoms. The van der Waals surface area contributed by atoms with Gasteiger partial charge < -0.3 is 15.5 Å². The zero-order valence-electron chi connectivity index (χ0n) is 11.7. The SMILES string of the molecule is O=C(NCc1ccn[nH]1)Nc1ccc(N2CCCC2)nc1. The van der Waals surface area contributed by atoms with Crippen molar-refractivity contribution in [2.24, 2.45) is 0 Å². The minimum absolute atomic E-state index is 0.264. The Hall–Kier alpha value is -2.57. The molecule has 1 aliphatic rings. The number of rotatable bonds is 4. The van der Waals surface area contributed by atoms with Crippen LogP contribution < -0.4 is 15.5 Å². The topological polar surface area (TPSA) is 85.9 Å². The first kappa shape index (κ1) is 13.4. The fourth-order valence-corrected chi connectivity index (χ4v) is 2.33. The van der Waals surface area contributed by atoms with Crippen LogP contribution in [0.5, 0.6) is 0 Å². The number of nitrogens with zero attached hydrogens (tertiary/aromatic N) is 3. The van der Waals surface area contributed by atoms with E-state index in [0.717, 1.165) is 24.6 Å². The highest BCUT2D eigenvalue weighted by atomic mass is 16.2. The van der Waals surface area contributed by atoms with Crippen molar-refractivity contribution >= 4 is 17.5 Å². The number of nitrogens with one attached hydrogen (secondary N) is 3. The Balaban J connectivity index is 1.51. The van der Waals surface area contributed by atoms with Crippen molar-refractivity contribution in [3.63, 3.8) is 0 Å². The van der Waals surface area contributed by atoms with Crippen LogP contribution >= 0.6 is 0 Å². The lowest BCUT2D eigenvalue weighted by atomic mass is 10.4. The highest BCUT2D eigenvalue weighted by Gasteiger charge is 2.13. The van der Waals surface area contributed by atoms with Crippen molar-refractivity contribution in [3.05, 3.63) is 36.3 Å². The maximum atomic E-state index is 11.8. The van der Waals surface area contributed by atoms with Gasteiger partial charge in [-0.1, -0.05) is 0 Å². The van der Waals surface area contributed by atoms with E-state index in [2.05, 4.69) is 30.7 Å². The highest BCUT2D eigenvalue weighted by Crippen LogP contribution is 2.18. The second kappa shape index (κ2) is 6.25. The third-order valence-electron chi connectivity index (χ3n) is 3.43. The van der Waals surface area contributed by atoms with Crippen LogP contribution in [0.3, 0.4) is 0 Å². The average Bonchev–Trinajstić information content (AvgIpc) is 3.19. The molecule has 110 valence electrons. The Morgan fingerprint density at radius 3 is 2.81 bits per heavy atom. The number of hydrogen-bond donors (Lipinski definition) is 3. The number of aromatic amines is 1. The van der Waals surface area contributed by atoms with Gasteiger partial charge in [-0.05, 0) is 31.0 Å². The van der Waals surface area contributed by atoms with Crippen molar-refractivity contribution in [1.29, 1.82) is 0 Å². The number of carbonyl (C=O) groups is 1. The molecule has 1 aliphatic heterocycles. The van der Waals surface area contributed by atoms with Crippen LogP contribution in [-0.4, -0.2) is 34.3 Å². The van der Waals surface area contributed by atoms with Crippen LogP contribution in [0.15, 0.2) is 30.6 Å². The first-order valence-electron chi connectivity index (χ1n) is 7.05. The largest absolute Gasteiger partial charge is 0.357 e. The molecule has 0 atom stereocenters. The quantitative estimate of drug-likeness (QED) is 0.799. The van der Waals surface area contributed by atoms with E-state index in [1.807, 2.05) is 18.2 Å². The lowest BCUT2D eigenvalue weighted by molar-refractivity contribution is 0.251. The van der Waals surface area contributed by atoms with E-state index in [4.69, 9.17) is 0 Å². The maximum Gasteiger partial charge on any atom is 0.319 e. The van der Waals surface area contributed by atoms with Gasteiger partial charge in [0.1, 0.15) is 5.82 Å². The third-order valence-corrected chi connectivity index (χ3v) is 3.43. The zero-order chi connectivity index (χ0) is 14.5. The molecule has 21 heavy (non-hydrogen) atoms. The summed E-state index contributed by atoms with van der Waals surface area (Å²) in [6, 6.07) is 5.36. The number of aromatic nitrogens is 3. The minimum atomic E-state index is -0.264. The van der Waals surface area contributed by atoms with E-state index >= 15 is 0 Å². The van der Waals surface area contributed by atoms with E-state index in [0.29, 0.717) is 12.2 Å². The second-order valence-electron chi connectivity index (χ2n) is 4.99. The van der Waals surface area contributed by atoms with Gasteiger partial charge in [0, 0.05) is 19.3 Å². The van der Waals surface area contributed by atoms with Gasteiger partial charge in [0.25, 0.3) is 0 Å². The van der Waals surface area contributed by atoms with Gasteiger partial charge in [-0.15, -0.1) is 0 Å². The van der Waals surface area contributed by atoms with Crippen molar-refractivity contribution in [1.82, 2.24) is 20.5 Å². The van der Waals surface area contributed by atoms with Gasteiger partial charge in [-0.2, -0.15) is 5.10 Å². The summed E-state index contributed by atoms with van der Waals surface area (Å²) in [6.45, 7) is 2.53. The van der Waals surface area contributed by atoms with Gasteiger partial charge in [0.05, 0.1) is 24.1 Å². The number of amides is 2. The number of urea groups is 1. The highest BCUT2D eigenvalue weighted by molar-refractivity contribution is 5.89. The van der Waals surface area contributed by atoms with E-state index in [1.54, 1.807) is 12.4 Å². The molecule has 2 aromatic heterocycles. The molecular formula is C14H18N6O. The maximum absolute atomic E-state index is 11.8. The van der Waals surface area contributed by atoms with Crippen molar-refractivity contribution < 1.29 is 4.79 Å². The van der Waals surface area contributed by atoms with Crippen molar-refractivity contribution in [3.8, 4) is 0 Å². The summed E-state index contributed by atoms with van der Waals surface area (Å²) in [6.07, 6.45) is 5.77. The fourth-order valence-electron chi connectivity index (χ4n) is 2.33. The van der Waals surface area contributed by atoms with Crippen LogP contribution in [0.2, 0.25) is 0 Å². The molecule has 7 heteroatoms. The van der Waals surface area contributed by atoms with Gasteiger partial charge >= 0.3 is 6.03 Å². The smallest absolute Gasteiger partial charge is 0.319 e. The number of carbonyl (C=O) groups excluding carboxylic acids is 1. The number of anilines is 2. The average molecular weight is 286 g/mol. The molecule has 1 fully saturated rings. The summed E-state index contributed by atoms with van der Waals surface area (Å²) in [4.78, 5) is 18.4. The molecule has 0 aromatic carbocycles. The van der Waals surface area contributed by atoms with Gasteiger partial charge in [0.2, 0.25) is 0 Å². The molecule has 0 bridgehead atoms. The molecule has 0 unspecified atom stereocenters. The van der Waals surface area contributed by atoms with E-state index in [-0.39, 0.29) is 6.03 Å². The van der Waals surface area contributed by atoms with E-state index in [9.17, 15) is 4.79 Å². The summed E-state index contributed by atoms with van der Waals surface area (Å²) < 4.78 is 0. The number of hydrogen-bond acceptors (Lipinski definition) is 4. The molecule has 0 radical (unpaired) electrons. The minimum Gasteiger partial charge on any atom is -0.357 e. The molecule has 7 nitrogen and oxygen atoms in total. The molecule has 0 saturated carbocycles. The lowest BCUT2D eigenvalue weighted by Gasteiger charge is -2.16. The van der Waals surface area contributed by atoms with Crippen molar-refractivity contribution in [2.75, 3.05) is 23.3 Å². The summed E-state index contributed by atoms with van der Waals surface area (Å²) in [5.74, 6) is 0.968. The molecule has 1 saturated heterocycles. The molecule has 2 amide bonds. The molecule has 3 rings (SSSR count). The third kappa shape index (κ3) is 3.50. The first-order chi connectivity index (χ1) is 10.3. The zero-order valence-corrected chi connectivity index (χ0v) is 11.7. The fraction of sp³-hybridized carbons (Fsp3) is 0.357. The monoisotopic (exact) mass is 286 g/mol. The molecular weight excluding hydrogens is 268 g/mol. The summed E-state index contributed by atoms with van der Waals surface area (Å²) in [5.41, 5.74) is 1.53. The van der Waals surface area contributed by atoms with Crippen LogP contribution in [0.4, 0.5) is 16.3 Å². The second-order valence-corrected chi connectivity index (χ2v) is 4.99. The Bertz CT molecular complexity index is 574. The molecule has 0 aliphatic carbocycles. The molecule has 3 heterocycles. The summed E-state index contributed by atoms with van der Waals surface area (Å²) >= 11 is 0. The first-order valence-corrected chi connectivity index (χ1v) is 7.05. The normalized spacial score (nSPS) is 14.2. The number of H-pyrrole nitrogens is 1. The predicted octanol–water partition coefficient (Wildman–Crippen LogP) is 1.73. The van der Waals surface area contributed by atoms with Crippen molar-refractivity contribution in [2.45, 2.75) is 19.4 Å². The van der Waals surface area contributed by atoms with E-state index in [1.165, 1.54) is 12.8 Å². The Morgan fingerprint density at radius 1 is 1.29 bits per heavy atom. The molecule has 2 aromatic rings. The molecule has 3 N–H and O–H groups in total. The Kier molecular flexibility index (Phi) is 3.99. The van der Waals surface area contributed by atoms with Crippen LogP contribution in [0.25, 0.3) is 0 Å². The van der Waals surface area contributed by atoms with E-state index < -0.39 is 0 Å². The van der Waals surface area contributed by atoms with Gasteiger partial charge in [0.15, 0.2) is 0 Å². The van der Waals surface area contributed by atoms with Gasteiger partial charge in [-0.3, -0.25) is 5.10 Å². The summed E-state index contributed by atoms with van der Waals surface area (Å²) in [5, 5.41) is 12.1. The Morgan fingerprint density at radius 2 is 2.14 bits per heavy atom. The van der Waals surface area contributed by atoms with Crippen LogP contribution in [-0.2, 0) is 6.54 Å². The number of pyridine rings is 1. The Labute approximate surface area is 122 Å².